The molecule has 0 aliphatic carbocycles. The normalized spacial score (nSPS) is 11.0. The van der Waals surface area contributed by atoms with E-state index in [2.05, 4.69) is 41.5 Å². The van der Waals surface area contributed by atoms with Crippen LogP contribution in [0.15, 0.2) is 46.0 Å². The van der Waals surface area contributed by atoms with Crippen LogP contribution in [0.3, 0.4) is 0 Å². The van der Waals surface area contributed by atoms with Gasteiger partial charge in [-0.1, -0.05) is 55.4 Å². The van der Waals surface area contributed by atoms with Crippen molar-refractivity contribution in [2.75, 3.05) is 11.1 Å². The van der Waals surface area contributed by atoms with Crippen LogP contribution in [0.2, 0.25) is 5.02 Å². The fourth-order valence-corrected chi connectivity index (χ4v) is 3.55. The number of halogens is 1. The van der Waals surface area contributed by atoms with Crippen LogP contribution in [0.4, 0.5) is 5.69 Å². The first-order valence-electron chi connectivity index (χ1n) is 9.57. The minimum Gasteiger partial charge on any atom is -0.484 e. The molecule has 158 valence electrons. The van der Waals surface area contributed by atoms with Crippen LogP contribution in [0.5, 0.6) is 5.75 Å². The van der Waals surface area contributed by atoms with E-state index in [0.717, 1.165) is 22.4 Å². The van der Waals surface area contributed by atoms with Crippen molar-refractivity contribution >= 4 is 35.0 Å². The Kier molecular flexibility index (Phi) is 7.39. The van der Waals surface area contributed by atoms with Gasteiger partial charge in [0.25, 0.3) is 11.1 Å². The smallest absolute Gasteiger partial charge is 0.277 e. The molecular formula is C22H24ClN3O3S. The Labute approximate surface area is 185 Å². The van der Waals surface area contributed by atoms with Crippen LogP contribution in [-0.2, 0) is 11.4 Å². The monoisotopic (exact) mass is 445 g/mol. The number of carbonyl (C=O) groups excluding carboxylic acids is 1. The standard InChI is InChI=1S/C22H24ClN3O3S/c1-13(2)16-9-8-14(3)10-19(16)28-11-21-25-26-22(29-21)30-12-20(27)24-18-7-5-6-17(23)15(18)4/h5-10,13H,11-12H2,1-4H3,(H,24,27). The van der Waals surface area contributed by atoms with Gasteiger partial charge in [-0.25, -0.2) is 0 Å². The Morgan fingerprint density at radius 2 is 2.03 bits per heavy atom. The van der Waals surface area contributed by atoms with Gasteiger partial charge in [-0.15, -0.1) is 10.2 Å². The molecule has 1 heterocycles. The molecular weight excluding hydrogens is 422 g/mol. The lowest BCUT2D eigenvalue weighted by Gasteiger charge is -2.13. The van der Waals surface area contributed by atoms with E-state index >= 15 is 0 Å². The molecule has 0 saturated carbocycles. The number of carbonyl (C=O) groups is 1. The summed E-state index contributed by atoms with van der Waals surface area (Å²) in [7, 11) is 0. The number of ether oxygens (including phenoxy) is 1. The summed E-state index contributed by atoms with van der Waals surface area (Å²) in [6.07, 6.45) is 0. The minimum atomic E-state index is -0.178. The van der Waals surface area contributed by atoms with Gasteiger partial charge in [-0.05, 0) is 54.7 Å². The summed E-state index contributed by atoms with van der Waals surface area (Å²) < 4.78 is 11.5. The van der Waals surface area contributed by atoms with E-state index in [9.17, 15) is 4.79 Å². The highest BCUT2D eigenvalue weighted by Gasteiger charge is 2.13. The highest BCUT2D eigenvalue weighted by molar-refractivity contribution is 7.99. The van der Waals surface area contributed by atoms with Crippen molar-refractivity contribution in [1.82, 2.24) is 10.2 Å². The quantitative estimate of drug-likeness (QED) is 0.443. The van der Waals surface area contributed by atoms with Crippen LogP contribution < -0.4 is 10.1 Å². The highest BCUT2D eigenvalue weighted by Crippen LogP contribution is 2.28. The van der Waals surface area contributed by atoms with E-state index in [4.69, 9.17) is 20.8 Å². The molecule has 6 nitrogen and oxygen atoms in total. The third-order valence-electron chi connectivity index (χ3n) is 4.46. The zero-order valence-electron chi connectivity index (χ0n) is 17.4. The van der Waals surface area contributed by atoms with Crippen molar-refractivity contribution in [2.45, 2.75) is 45.4 Å². The van der Waals surface area contributed by atoms with Crippen LogP contribution in [0.1, 0.15) is 42.3 Å². The van der Waals surface area contributed by atoms with Crippen molar-refractivity contribution in [1.29, 1.82) is 0 Å². The summed E-state index contributed by atoms with van der Waals surface area (Å²) in [5.41, 5.74) is 3.76. The maximum atomic E-state index is 12.2. The maximum Gasteiger partial charge on any atom is 0.277 e. The molecule has 0 spiro atoms. The van der Waals surface area contributed by atoms with E-state index in [1.54, 1.807) is 12.1 Å². The summed E-state index contributed by atoms with van der Waals surface area (Å²) >= 11 is 7.25. The number of amides is 1. The molecule has 3 rings (SSSR count). The molecule has 1 aromatic heterocycles. The first-order chi connectivity index (χ1) is 14.3. The van der Waals surface area contributed by atoms with Gasteiger partial charge in [0.1, 0.15) is 5.75 Å². The van der Waals surface area contributed by atoms with Crippen LogP contribution in [-0.4, -0.2) is 21.9 Å². The van der Waals surface area contributed by atoms with Crippen molar-refractivity contribution in [3.05, 3.63) is 64.0 Å². The number of nitrogens with one attached hydrogen (secondary N) is 1. The Balaban J connectivity index is 1.54. The molecule has 2 aromatic carbocycles. The molecule has 0 unspecified atom stereocenters. The fourth-order valence-electron chi connectivity index (χ4n) is 2.79. The predicted octanol–water partition coefficient (Wildman–Crippen LogP) is 5.77. The Bertz CT molecular complexity index is 1040. The maximum absolute atomic E-state index is 12.2. The largest absolute Gasteiger partial charge is 0.484 e. The fraction of sp³-hybridized carbons (Fsp3) is 0.318. The predicted molar refractivity (Wildman–Crippen MR) is 119 cm³/mol. The van der Waals surface area contributed by atoms with Crippen LogP contribution in [0.25, 0.3) is 0 Å². The van der Waals surface area contributed by atoms with Gasteiger partial charge in [0, 0.05) is 10.7 Å². The molecule has 0 saturated heterocycles. The van der Waals surface area contributed by atoms with E-state index in [0.29, 0.717) is 27.7 Å². The molecule has 1 amide bonds. The molecule has 8 heteroatoms. The van der Waals surface area contributed by atoms with Crippen LogP contribution >= 0.6 is 23.4 Å². The molecule has 0 fully saturated rings. The molecule has 30 heavy (non-hydrogen) atoms. The molecule has 0 atom stereocenters. The number of anilines is 1. The van der Waals surface area contributed by atoms with E-state index < -0.39 is 0 Å². The first kappa shape index (κ1) is 22.2. The minimum absolute atomic E-state index is 0.143. The third-order valence-corrected chi connectivity index (χ3v) is 5.69. The number of benzene rings is 2. The average molecular weight is 446 g/mol. The Morgan fingerprint density at radius 3 is 2.80 bits per heavy atom. The van der Waals surface area contributed by atoms with Crippen molar-refractivity contribution in [3.8, 4) is 5.75 Å². The Morgan fingerprint density at radius 1 is 1.23 bits per heavy atom. The molecule has 1 N–H and O–H groups in total. The zero-order valence-corrected chi connectivity index (χ0v) is 18.9. The number of hydrogen-bond donors (Lipinski definition) is 1. The van der Waals surface area contributed by atoms with Gasteiger partial charge >= 0.3 is 0 Å². The summed E-state index contributed by atoms with van der Waals surface area (Å²) in [5, 5.41) is 11.7. The van der Waals surface area contributed by atoms with Gasteiger partial charge in [-0.3, -0.25) is 4.79 Å². The molecule has 0 aliphatic rings. The Hall–Kier alpha value is -2.51. The van der Waals surface area contributed by atoms with Crippen molar-refractivity contribution < 1.29 is 13.9 Å². The number of rotatable bonds is 8. The van der Waals surface area contributed by atoms with Gasteiger partial charge in [-0.2, -0.15) is 0 Å². The molecule has 3 aromatic rings. The SMILES string of the molecule is Cc1ccc(C(C)C)c(OCc2nnc(SCC(=O)Nc3cccc(Cl)c3C)o2)c1. The lowest BCUT2D eigenvalue weighted by atomic mass is 10.0. The first-order valence-corrected chi connectivity index (χ1v) is 10.9. The third kappa shape index (κ3) is 5.77. The molecule has 0 bridgehead atoms. The van der Waals surface area contributed by atoms with Gasteiger partial charge in [0.15, 0.2) is 6.61 Å². The zero-order chi connectivity index (χ0) is 21.7. The number of hydrogen-bond acceptors (Lipinski definition) is 6. The second kappa shape index (κ2) is 10.00. The average Bonchev–Trinajstić information content (AvgIpc) is 3.16. The van der Waals surface area contributed by atoms with E-state index in [-0.39, 0.29) is 18.3 Å². The number of aromatic nitrogens is 2. The van der Waals surface area contributed by atoms with Crippen LogP contribution in [0, 0.1) is 13.8 Å². The van der Waals surface area contributed by atoms with Gasteiger partial charge in [0.2, 0.25) is 5.91 Å². The number of thioether (sulfide) groups is 1. The van der Waals surface area contributed by atoms with Gasteiger partial charge < -0.3 is 14.5 Å². The summed E-state index contributed by atoms with van der Waals surface area (Å²) in [6, 6.07) is 11.5. The molecule has 0 aliphatic heterocycles. The summed E-state index contributed by atoms with van der Waals surface area (Å²) in [5.74, 6) is 1.48. The second-order valence-corrected chi connectivity index (χ2v) is 8.53. The lowest BCUT2D eigenvalue weighted by molar-refractivity contribution is -0.113. The molecule has 0 radical (unpaired) electrons. The van der Waals surface area contributed by atoms with E-state index in [1.807, 2.05) is 26.0 Å². The summed E-state index contributed by atoms with van der Waals surface area (Å²) in [6.45, 7) is 8.29. The lowest BCUT2D eigenvalue weighted by Crippen LogP contribution is -2.14. The van der Waals surface area contributed by atoms with E-state index in [1.165, 1.54) is 11.8 Å². The van der Waals surface area contributed by atoms with Crippen molar-refractivity contribution in [3.63, 3.8) is 0 Å². The second-order valence-electron chi connectivity index (χ2n) is 7.20. The van der Waals surface area contributed by atoms with Crippen molar-refractivity contribution in [2.24, 2.45) is 0 Å². The number of nitrogens with zero attached hydrogens (tertiary/aromatic N) is 2. The highest BCUT2D eigenvalue weighted by atomic mass is 35.5. The summed E-state index contributed by atoms with van der Waals surface area (Å²) in [4.78, 5) is 12.2. The topological polar surface area (TPSA) is 77.2 Å². The van der Waals surface area contributed by atoms with Gasteiger partial charge in [0.05, 0.1) is 5.75 Å². The number of aryl methyl sites for hydroxylation is 1.